The van der Waals surface area contributed by atoms with Crippen LogP contribution in [0.2, 0.25) is 0 Å². The molecule has 1 unspecified atom stereocenters. The first-order valence-corrected chi connectivity index (χ1v) is 6.68. The maximum absolute atomic E-state index is 11.7. The molecule has 0 fully saturated rings. The van der Waals surface area contributed by atoms with Crippen LogP contribution in [0.4, 0.5) is 0 Å². The predicted molar refractivity (Wildman–Crippen MR) is 62.5 cm³/mol. The lowest BCUT2D eigenvalue weighted by Crippen LogP contribution is -2.29. The lowest BCUT2D eigenvalue weighted by atomic mass is 10.3. The van der Waals surface area contributed by atoms with Crippen LogP contribution < -0.4 is 15.9 Å². The maximum Gasteiger partial charge on any atom is 0.374 e. The molecule has 0 saturated carbocycles. The first-order valence-electron chi connectivity index (χ1n) is 4.65. The van der Waals surface area contributed by atoms with E-state index >= 15 is 0 Å². The molecule has 0 spiro atoms. The van der Waals surface area contributed by atoms with Gasteiger partial charge in [-0.1, -0.05) is 12.1 Å². The Morgan fingerprint density at radius 1 is 1.47 bits per heavy atom. The molecule has 1 heterocycles. The van der Waals surface area contributed by atoms with Crippen molar-refractivity contribution in [2.45, 2.75) is 0 Å². The van der Waals surface area contributed by atoms with Crippen LogP contribution in [-0.4, -0.2) is 21.2 Å². The van der Waals surface area contributed by atoms with Gasteiger partial charge in [-0.3, -0.25) is 4.79 Å². The molecule has 3 N–H and O–H groups in total. The second-order valence-electron chi connectivity index (χ2n) is 3.48. The minimum absolute atomic E-state index is 0.401. The molecule has 90 valence electrons. The number of hydrogen-bond acceptors (Lipinski definition) is 5. The van der Waals surface area contributed by atoms with Crippen LogP contribution >= 0.6 is 7.60 Å². The molecule has 0 bridgehead atoms. The highest BCUT2D eigenvalue weighted by Crippen LogP contribution is 2.36. The zero-order chi connectivity index (χ0) is 12.6. The van der Waals surface area contributed by atoms with E-state index in [-0.39, 0.29) is 0 Å². The number of rotatable bonds is 2. The second-order valence-corrected chi connectivity index (χ2v) is 5.26. The number of nitrogen functional groups attached to an aromatic ring is 1. The molecule has 2 rings (SSSR count). The molecule has 0 aliphatic heterocycles. The van der Waals surface area contributed by atoms with Crippen molar-refractivity contribution in [2.75, 3.05) is 12.5 Å². The van der Waals surface area contributed by atoms with Gasteiger partial charge in [0.25, 0.3) is 5.88 Å². The van der Waals surface area contributed by atoms with Crippen LogP contribution in [-0.2, 0) is 4.57 Å². The SMILES string of the molecule is CP(=O)(O)Oc1nc2ccccc2n(N)c1=O. The molecule has 0 amide bonds. The molecule has 0 aliphatic rings. The third-order valence-corrected chi connectivity index (χ3v) is 2.53. The topological polar surface area (TPSA) is 107 Å². The zero-order valence-electron chi connectivity index (χ0n) is 8.90. The molecule has 0 aliphatic carbocycles. The van der Waals surface area contributed by atoms with Crippen molar-refractivity contribution in [1.29, 1.82) is 0 Å². The quantitative estimate of drug-likeness (QED) is 0.590. The summed E-state index contributed by atoms with van der Waals surface area (Å²) in [7, 11) is -3.84. The summed E-state index contributed by atoms with van der Waals surface area (Å²) in [5.41, 5.74) is 0.0478. The number of para-hydroxylation sites is 2. The minimum atomic E-state index is -3.84. The van der Waals surface area contributed by atoms with Crippen molar-refractivity contribution < 1.29 is 14.0 Å². The van der Waals surface area contributed by atoms with Gasteiger partial charge in [-0.05, 0) is 12.1 Å². The van der Waals surface area contributed by atoms with Crippen LogP contribution in [0.25, 0.3) is 11.0 Å². The largest absolute Gasteiger partial charge is 0.400 e. The van der Waals surface area contributed by atoms with E-state index in [1.54, 1.807) is 24.3 Å². The fourth-order valence-corrected chi connectivity index (χ4v) is 1.79. The van der Waals surface area contributed by atoms with Gasteiger partial charge < -0.3 is 15.3 Å². The molecule has 8 heteroatoms. The van der Waals surface area contributed by atoms with Gasteiger partial charge in [0.1, 0.15) is 0 Å². The lowest BCUT2D eigenvalue weighted by Gasteiger charge is -2.09. The van der Waals surface area contributed by atoms with E-state index in [9.17, 15) is 9.36 Å². The van der Waals surface area contributed by atoms with E-state index in [2.05, 4.69) is 9.51 Å². The Kier molecular flexibility index (Phi) is 2.65. The van der Waals surface area contributed by atoms with Crippen molar-refractivity contribution in [3.8, 4) is 5.88 Å². The van der Waals surface area contributed by atoms with Crippen molar-refractivity contribution in [3.63, 3.8) is 0 Å². The van der Waals surface area contributed by atoms with Gasteiger partial charge >= 0.3 is 13.2 Å². The van der Waals surface area contributed by atoms with Crippen LogP contribution in [0.3, 0.4) is 0 Å². The molecule has 0 radical (unpaired) electrons. The molecular formula is C9H10N3O4P. The molecule has 1 atom stereocenters. The Morgan fingerprint density at radius 2 is 2.12 bits per heavy atom. The summed E-state index contributed by atoms with van der Waals surface area (Å²) in [6, 6.07) is 6.62. The summed E-state index contributed by atoms with van der Waals surface area (Å²) in [6.45, 7) is 0.962. The summed E-state index contributed by atoms with van der Waals surface area (Å²) < 4.78 is 16.5. The highest BCUT2D eigenvalue weighted by atomic mass is 31.2. The molecule has 17 heavy (non-hydrogen) atoms. The van der Waals surface area contributed by atoms with E-state index in [1.807, 2.05) is 0 Å². The van der Waals surface area contributed by atoms with Gasteiger partial charge in [-0.25, -0.2) is 14.2 Å². The van der Waals surface area contributed by atoms with Crippen LogP contribution in [0.5, 0.6) is 5.88 Å². The number of aromatic nitrogens is 2. The maximum atomic E-state index is 11.7. The molecule has 2 aromatic rings. The summed E-state index contributed by atoms with van der Waals surface area (Å²) in [4.78, 5) is 24.6. The van der Waals surface area contributed by atoms with Gasteiger partial charge in [0.2, 0.25) is 0 Å². The monoisotopic (exact) mass is 255 g/mol. The summed E-state index contributed by atoms with van der Waals surface area (Å²) >= 11 is 0. The van der Waals surface area contributed by atoms with Crippen molar-refractivity contribution in [1.82, 2.24) is 9.66 Å². The van der Waals surface area contributed by atoms with Crippen LogP contribution in [0, 0.1) is 0 Å². The van der Waals surface area contributed by atoms with Crippen LogP contribution in [0.15, 0.2) is 29.1 Å². The fourth-order valence-electron chi connectivity index (χ4n) is 1.35. The first-order chi connectivity index (χ1) is 7.88. The third-order valence-electron chi connectivity index (χ3n) is 2.02. The average molecular weight is 255 g/mol. The Bertz CT molecular complexity index is 675. The number of nitrogens with two attached hydrogens (primary N) is 1. The Balaban J connectivity index is 2.70. The highest BCUT2D eigenvalue weighted by Gasteiger charge is 2.18. The van der Waals surface area contributed by atoms with E-state index in [0.717, 1.165) is 11.3 Å². The number of benzene rings is 1. The van der Waals surface area contributed by atoms with E-state index in [4.69, 9.17) is 10.7 Å². The molecule has 1 aromatic heterocycles. The number of nitrogens with zero attached hydrogens (tertiary/aromatic N) is 2. The van der Waals surface area contributed by atoms with Gasteiger partial charge in [0.05, 0.1) is 11.0 Å². The van der Waals surface area contributed by atoms with Gasteiger partial charge in [-0.15, -0.1) is 0 Å². The van der Waals surface area contributed by atoms with Crippen molar-refractivity contribution in [3.05, 3.63) is 34.6 Å². The number of fused-ring (bicyclic) bond motifs is 1. The molecular weight excluding hydrogens is 245 g/mol. The number of hydrogen-bond donors (Lipinski definition) is 2. The Morgan fingerprint density at radius 3 is 2.76 bits per heavy atom. The second kappa shape index (κ2) is 3.87. The molecule has 1 aromatic carbocycles. The van der Waals surface area contributed by atoms with Gasteiger partial charge in [0, 0.05) is 6.66 Å². The summed E-state index contributed by atoms with van der Waals surface area (Å²) in [6.07, 6.45) is 0. The summed E-state index contributed by atoms with van der Waals surface area (Å²) in [5, 5.41) is 0. The van der Waals surface area contributed by atoms with E-state index in [1.165, 1.54) is 0 Å². The Labute approximate surface area is 96.0 Å². The highest BCUT2D eigenvalue weighted by molar-refractivity contribution is 7.52. The standard InChI is InChI=1S/C9H10N3O4P/c1-17(14,15)16-8-9(13)12(10)7-5-3-2-4-6(7)11-8/h2-5H,10H2,1H3,(H,14,15). The predicted octanol–water partition coefficient (Wildman–Crippen LogP) is 0.304. The third kappa shape index (κ3) is 2.30. The van der Waals surface area contributed by atoms with Crippen molar-refractivity contribution in [2.24, 2.45) is 0 Å². The average Bonchev–Trinajstić information content (AvgIpc) is 2.24. The molecule has 0 saturated heterocycles. The van der Waals surface area contributed by atoms with Gasteiger partial charge in [-0.2, -0.15) is 0 Å². The normalized spacial score (nSPS) is 14.5. The fraction of sp³-hybridized carbons (Fsp3) is 0.111. The minimum Gasteiger partial charge on any atom is -0.400 e. The van der Waals surface area contributed by atoms with Gasteiger partial charge in [0.15, 0.2) is 0 Å². The smallest absolute Gasteiger partial charge is 0.374 e. The summed E-state index contributed by atoms with van der Waals surface area (Å²) in [5.74, 6) is 5.06. The molecule has 7 nitrogen and oxygen atoms in total. The van der Waals surface area contributed by atoms with E-state index < -0.39 is 19.0 Å². The Hall–Kier alpha value is -1.85. The van der Waals surface area contributed by atoms with Crippen LogP contribution in [0.1, 0.15) is 0 Å². The van der Waals surface area contributed by atoms with Crippen molar-refractivity contribution >= 4 is 18.6 Å². The van der Waals surface area contributed by atoms with E-state index in [0.29, 0.717) is 11.0 Å². The zero-order valence-corrected chi connectivity index (χ0v) is 9.79. The first kappa shape index (κ1) is 11.6. The lowest BCUT2D eigenvalue weighted by molar-refractivity contribution is 0.378.